The molecule has 1 N–H and O–H groups in total. The molecule has 1 aliphatic rings. The van der Waals surface area contributed by atoms with Crippen LogP contribution >= 0.6 is 22.7 Å². The van der Waals surface area contributed by atoms with E-state index >= 15 is 0 Å². The van der Waals surface area contributed by atoms with Crippen LogP contribution in [0, 0.1) is 0 Å². The summed E-state index contributed by atoms with van der Waals surface area (Å²) in [6, 6.07) is 17.4. The number of thiazole rings is 1. The van der Waals surface area contributed by atoms with Crippen LogP contribution in [0.15, 0.2) is 71.4 Å². The van der Waals surface area contributed by atoms with Gasteiger partial charge in [0.15, 0.2) is 0 Å². The molecular formula is C23H15N3O3S2. The summed E-state index contributed by atoms with van der Waals surface area (Å²) in [5.74, 6) is -0.956. The number of hydrogen-bond acceptors (Lipinski definition) is 6. The summed E-state index contributed by atoms with van der Waals surface area (Å²) >= 11 is 3.11. The number of rotatable bonds is 5. The van der Waals surface area contributed by atoms with Gasteiger partial charge in [-0.15, -0.1) is 22.7 Å². The highest BCUT2D eigenvalue weighted by Crippen LogP contribution is 2.30. The largest absolute Gasteiger partial charge is 0.326 e. The molecule has 0 aliphatic carbocycles. The minimum absolute atomic E-state index is 0.138. The quantitative estimate of drug-likeness (QED) is 0.445. The summed E-state index contributed by atoms with van der Waals surface area (Å²) in [5.41, 5.74) is 2.38. The van der Waals surface area contributed by atoms with E-state index in [9.17, 15) is 14.4 Å². The summed E-state index contributed by atoms with van der Waals surface area (Å²) in [6.45, 7) is 0. The number of thiophene rings is 1. The summed E-state index contributed by atoms with van der Waals surface area (Å²) in [7, 11) is 0. The van der Waals surface area contributed by atoms with Crippen molar-refractivity contribution in [2.45, 2.75) is 6.42 Å². The highest BCUT2D eigenvalue weighted by molar-refractivity contribution is 7.20. The molecule has 0 unspecified atom stereocenters. The second kappa shape index (κ2) is 7.90. The third-order valence-electron chi connectivity index (χ3n) is 4.81. The fourth-order valence-corrected chi connectivity index (χ4v) is 5.05. The van der Waals surface area contributed by atoms with Crippen molar-refractivity contribution in [2.24, 2.45) is 0 Å². The lowest BCUT2D eigenvalue weighted by atomic mass is 10.1. The zero-order valence-corrected chi connectivity index (χ0v) is 17.7. The predicted octanol–water partition coefficient (Wildman–Crippen LogP) is 4.85. The predicted molar refractivity (Wildman–Crippen MR) is 122 cm³/mol. The molecule has 1 aliphatic heterocycles. The third-order valence-corrected chi connectivity index (χ3v) is 6.74. The van der Waals surface area contributed by atoms with E-state index in [1.165, 1.54) is 11.3 Å². The van der Waals surface area contributed by atoms with Crippen molar-refractivity contribution >= 4 is 51.8 Å². The minimum atomic E-state index is -0.368. The molecule has 0 saturated carbocycles. The van der Waals surface area contributed by atoms with Crippen molar-refractivity contribution < 1.29 is 14.4 Å². The number of aromatic nitrogens is 1. The number of fused-ring (bicyclic) bond motifs is 1. The maximum Gasteiger partial charge on any atom is 0.266 e. The zero-order chi connectivity index (χ0) is 21.4. The molecule has 6 nitrogen and oxygen atoms in total. The highest BCUT2D eigenvalue weighted by atomic mass is 32.1. The van der Waals surface area contributed by atoms with Crippen LogP contribution in [0.25, 0.3) is 9.88 Å². The fourth-order valence-electron chi connectivity index (χ4n) is 3.42. The first-order valence-electron chi connectivity index (χ1n) is 9.46. The molecule has 3 heterocycles. The summed E-state index contributed by atoms with van der Waals surface area (Å²) in [6.07, 6.45) is 0.138. The van der Waals surface area contributed by atoms with Crippen molar-refractivity contribution in [1.82, 2.24) is 4.98 Å². The van der Waals surface area contributed by atoms with Crippen molar-refractivity contribution in [1.29, 1.82) is 0 Å². The number of benzene rings is 2. The van der Waals surface area contributed by atoms with Crippen molar-refractivity contribution in [3.63, 3.8) is 0 Å². The number of amides is 3. The van der Waals surface area contributed by atoms with Crippen LogP contribution in [0.3, 0.4) is 0 Å². The first-order chi connectivity index (χ1) is 15.1. The summed E-state index contributed by atoms with van der Waals surface area (Å²) in [5, 5.41) is 7.59. The van der Waals surface area contributed by atoms with Gasteiger partial charge in [-0.25, -0.2) is 9.88 Å². The molecule has 152 valence electrons. The Morgan fingerprint density at radius 3 is 2.42 bits per heavy atom. The van der Waals surface area contributed by atoms with E-state index in [1.807, 2.05) is 22.9 Å². The van der Waals surface area contributed by atoms with Gasteiger partial charge in [-0.05, 0) is 41.8 Å². The van der Waals surface area contributed by atoms with Crippen LogP contribution in [0.1, 0.15) is 26.4 Å². The van der Waals surface area contributed by atoms with Gasteiger partial charge in [-0.1, -0.05) is 24.3 Å². The van der Waals surface area contributed by atoms with Gasteiger partial charge in [0.25, 0.3) is 11.8 Å². The van der Waals surface area contributed by atoms with Gasteiger partial charge < -0.3 is 5.32 Å². The number of anilines is 2. The molecular weight excluding hydrogens is 430 g/mol. The van der Waals surface area contributed by atoms with Gasteiger partial charge in [0.2, 0.25) is 5.91 Å². The molecule has 0 radical (unpaired) electrons. The van der Waals surface area contributed by atoms with Gasteiger partial charge in [0, 0.05) is 11.1 Å². The Hall–Kier alpha value is -3.62. The summed E-state index contributed by atoms with van der Waals surface area (Å²) in [4.78, 5) is 44.6. The number of nitrogens with one attached hydrogen (secondary N) is 1. The lowest BCUT2D eigenvalue weighted by Gasteiger charge is -2.15. The van der Waals surface area contributed by atoms with Crippen LogP contribution in [-0.4, -0.2) is 22.7 Å². The van der Waals surface area contributed by atoms with Crippen molar-refractivity contribution in [2.75, 3.05) is 10.2 Å². The highest BCUT2D eigenvalue weighted by Gasteiger charge is 2.36. The second-order valence-corrected chi connectivity index (χ2v) is 8.69. The zero-order valence-electron chi connectivity index (χ0n) is 16.1. The lowest BCUT2D eigenvalue weighted by molar-refractivity contribution is -0.115. The summed E-state index contributed by atoms with van der Waals surface area (Å²) < 4.78 is 0. The molecule has 8 heteroatoms. The van der Waals surface area contributed by atoms with Gasteiger partial charge in [-0.3, -0.25) is 14.4 Å². The van der Waals surface area contributed by atoms with E-state index in [0.717, 1.165) is 14.8 Å². The molecule has 0 bridgehead atoms. The Morgan fingerprint density at radius 1 is 0.935 bits per heavy atom. The van der Waals surface area contributed by atoms with Crippen molar-refractivity contribution in [3.05, 3.63) is 88.2 Å². The van der Waals surface area contributed by atoms with E-state index < -0.39 is 0 Å². The van der Waals surface area contributed by atoms with E-state index in [4.69, 9.17) is 0 Å². The van der Waals surface area contributed by atoms with Crippen LogP contribution in [-0.2, 0) is 11.2 Å². The minimum Gasteiger partial charge on any atom is -0.326 e. The number of imide groups is 1. The standard InChI is InChI=1S/C23H15N3O3S2/c27-20(12-15-13-31-21(25-15)19-9-4-10-30-19)24-14-5-3-6-16(11-14)26-22(28)17-7-1-2-8-18(17)23(26)29/h1-11,13H,12H2,(H,24,27). The lowest BCUT2D eigenvalue weighted by Crippen LogP contribution is -2.29. The normalized spacial score (nSPS) is 12.8. The Labute approximate surface area is 185 Å². The van der Waals surface area contributed by atoms with E-state index in [-0.39, 0.29) is 24.1 Å². The van der Waals surface area contributed by atoms with Crippen molar-refractivity contribution in [3.8, 4) is 9.88 Å². The van der Waals surface area contributed by atoms with E-state index in [0.29, 0.717) is 28.2 Å². The Morgan fingerprint density at radius 2 is 1.71 bits per heavy atom. The molecule has 5 rings (SSSR count). The average molecular weight is 446 g/mol. The van der Waals surface area contributed by atoms with E-state index in [1.54, 1.807) is 59.9 Å². The molecule has 2 aromatic heterocycles. The molecule has 0 spiro atoms. The van der Waals surface area contributed by atoms with Crippen LogP contribution < -0.4 is 10.2 Å². The third kappa shape index (κ3) is 3.67. The first-order valence-corrected chi connectivity index (χ1v) is 11.2. The Kier molecular flexibility index (Phi) is 4.93. The molecule has 31 heavy (non-hydrogen) atoms. The fraction of sp³-hybridized carbons (Fsp3) is 0.0435. The molecule has 2 aromatic carbocycles. The van der Waals surface area contributed by atoms with E-state index in [2.05, 4.69) is 10.3 Å². The Balaban J connectivity index is 1.30. The van der Waals surface area contributed by atoms with Gasteiger partial charge in [-0.2, -0.15) is 0 Å². The van der Waals surface area contributed by atoms with Gasteiger partial charge >= 0.3 is 0 Å². The second-order valence-electron chi connectivity index (χ2n) is 6.89. The molecule has 4 aromatic rings. The van der Waals surface area contributed by atoms with Gasteiger partial charge in [0.1, 0.15) is 5.01 Å². The molecule has 0 saturated heterocycles. The smallest absolute Gasteiger partial charge is 0.266 e. The number of nitrogens with zero attached hydrogens (tertiary/aromatic N) is 2. The monoisotopic (exact) mass is 445 g/mol. The SMILES string of the molecule is O=C(Cc1csc(-c2cccs2)n1)Nc1cccc(N2C(=O)c3ccccc3C2=O)c1. The van der Waals surface area contributed by atoms with Crippen LogP contribution in [0.2, 0.25) is 0 Å². The van der Waals surface area contributed by atoms with Crippen LogP contribution in [0.4, 0.5) is 11.4 Å². The molecule has 0 atom stereocenters. The number of hydrogen-bond donors (Lipinski definition) is 1. The average Bonchev–Trinajstić information content (AvgIpc) is 3.50. The number of carbonyl (C=O) groups is 3. The topological polar surface area (TPSA) is 79.4 Å². The Bertz CT molecular complexity index is 1280. The maximum atomic E-state index is 12.7. The van der Waals surface area contributed by atoms with Gasteiger partial charge in [0.05, 0.1) is 33.8 Å². The molecule has 0 fully saturated rings. The number of carbonyl (C=O) groups excluding carboxylic acids is 3. The first kappa shape index (κ1) is 19.3. The molecule has 3 amide bonds. The maximum absolute atomic E-state index is 12.7. The van der Waals surface area contributed by atoms with Crippen LogP contribution in [0.5, 0.6) is 0 Å².